The zero-order valence-electron chi connectivity index (χ0n) is 11.6. The summed E-state index contributed by atoms with van der Waals surface area (Å²) in [5.41, 5.74) is -0.843. The van der Waals surface area contributed by atoms with Gasteiger partial charge in [-0.25, -0.2) is 4.39 Å². The van der Waals surface area contributed by atoms with Gasteiger partial charge in [0, 0.05) is 24.7 Å². The van der Waals surface area contributed by atoms with E-state index in [1.54, 1.807) is 6.92 Å². The normalized spacial score (nSPS) is 11.8. The molecular weight excluding hydrogens is 283 g/mol. The van der Waals surface area contributed by atoms with Crippen LogP contribution in [-0.4, -0.2) is 39.4 Å². The van der Waals surface area contributed by atoms with Crippen LogP contribution in [0.2, 0.25) is 0 Å². The molecule has 1 aromatic carbocycles. The lowest BCUT2D eigenvalue weighted by Crippen LogP contribution is -2.40. The third kappa shape index (κ3) is 3.98. The second kappa shape index (κ2) is 6.78. The van der Waals surface area contributed by atoms with Crippen molar-refractivity contribution < 1.29 is 24.0 Å². The summed E-state index contributed by atoms with van der Waals surface area (Å²) in [4.78, 5) is 34.1. The number of non-ortho nitro benzene ring substituents is 1. The first-order valence-electron chi connectivity index (χ1n) is 6.24. The molecule has 0 spiro atoms. The molecule has 0 saturated heterocycles. The molecule has 1 aromatic rings. The molecule has 0 aliphatic carbocycles. The van der Waals surface area contributed by atoms with Crippen molar-refractivity contribution in [3.05, 3.63) is 39.7 Å². The van der Waals surface area contributed by atoms with Crippen molar-refractivity contribution in [1.82, 2.24) is 4.90 Å². The first kappa shape index (κ1) is 16.5. The minimum absolute atomic E-state index is 0.162. The fraction of sp³-hybridized carbons (Fsp3) is 0.385. The van der Waals surface area contributed by atoms with Crippen LogP contribution >= 0.6 is 0 Å². The van der Waals surface area contributed by atoms with E-state index >= 15 is 0 Å². The van der Waals surface area contributed by atoms with Crippen molar-refractivity contribution in [1.29, 1.82) is 0 Å². The third-order valence-corrected chi connectivity index (χ3v) is 2.99. The van der Waals surface area contributed by atoms with E-state index in [4.69, 9.17) is 5.11 Å². The topological polar surface area (TPSA) is 101 Å². The summed E-state index contributed by atoms with van der Waals surface area (Å²) < 4.78 is 13.7. The number of aliphatic carboxylic acids is 1. The van der Waals surface area contributed by atoms with E-state index in [0.717, 1.165) is 23.1 Å². The van der Waals surface area contributed by atoms with Crippen LogP contribution in [0.25, 0.3) is 0 Å². The number of carboxylic acid groups (broad SMARTS) is 1. The Kier molecular flexibility index (Phi) is 5.34. The predicted octanol–water partition coefficient (Wildman–Crippen LogP) is 2.06. The van der Waals surface area contributed by atoms with E-state index in [0.29, 0.717) is 0 Å². The van der Waals surface area contributed by atoms with Gasteiger partial charge in [-0.15, -0.1) is 0 Å². The summed E-state index contributed by atoms with van der Waals surface area (Å²) in [6.07, 6.45) is -0.296. The summed E-state index contributed by atoms with van der Waals surface area (Å²) in [6.45, 7) is 3.30. The highest BCUT2D eigenvalue weighted by molar-refractivity contribution is 5.95. The molecule has 0 heterocycles. The molecule has 0 saturated carbocycles. The molecule has 1 rings (SSSR count). The lowest BCUT2D eigenvalue weighted by atomic mass is 10.1. The zero-order chi connectivity index (χ0) is 16.2. The number of carbonyl (C=O) groups excluding carboxylic acids is 1. The Hall–Kier alpha value is -2.51. The Labute approximate surface area is 120 Å². The number of nitro benzene ring substituents is 1. The molecule has 0 aliphatic rings. The van der Waals surface area contributed by atoms with Gasteiger partial charge in [-0.2, -0.15) is 0 Å². The largest absolute Gasteiger partial charge is 0.481 e. The lowest BCUT2D eigenvalue weighted by molar-refractivity contribution is -0.384. The molecule has 1 amide bonds. The Morgan fingerprint density at radius 1 is 1.48 bits per heavy atom. The minimum Gasteiger partial charge on any atom is -0.481 e. The molecule has 0 aliphatic heterocycles. The van der Waals surface area contributed by atoms with Gasteiger partial charge in [0.25, 0.3) is 11.6 Å². The van der Waals surface area contributed by atoms with Crippen molar-refractivity contribution in [2.24, 2.45) is 0 Å². The number of hydrogen-bond acceptors (Lipinski definition) is 4. The molecule has 0 fully saturated rings. The number of hydrogen-bond donors (Lipinski definition) is 1. The highest BCUT2D eigenvalue weighted by Crippen LogP contribution is 2.20. The van der Waals surface area contributed by atoms with Gasteiger partial charge in [-0.3, -0.25) is 19.7 Å². The van der Waals surface area contributed by atoms with Gasteiger partial charge in [0.1, 0.15) is 5.82 Å². The zero-order valence-corrected chi connectivity index (χ0v) is 11.6. The van der Waals surface area contributed by atoms with E-state index in [1.165, 1.54) is 6.92 Å². The van der Waals surface area contributed by atoms with Gasteiger partial charge in [0.05, 0.1) is 16.9 Å². The van der Waals surface area contributed by atoms with Gasteiger partial charge in [0.15, 0.2) is 0 Å². The van der Waals surface area contributed by atoms with Crippen molar-refractivity contribution in [3.63, 3.8) is 0 Å². The van der Waals surface area contributed by atoms with E-state index in [1.807, 2.05) is 0 Å². The summed E-state index contributed by atoms with van der Waals surface area (Å²) >= 11 is 0. The quantitative estimate of drug-likeness (QED) is 0.640. The number of rotatable bonds is 6. The molecule has 1 unspecified atom stereocenters. The van der Waals surface area contributed by atoms with Crippen LogP contribution in [0.3, 0.4) is 0 Å². The maximum atomic E-state index is 13.7. The number of amides is 1. The Morgan fingerprint density at radius 3 is 2.57 bits per heavy atom. The van der Waals surface area contributed by atoms with Gasteiger partial charge < -0.3 is 10.0 Å². The van der Waals surface area contributed by atoms with Crippen LogP contribution in [-0.2, 0) is 4.79 Å². The first-order chi connectivity index (χ1) is 9.77. The average Bonchev–Trinajstić information content (AvgIpc) is 2.38. The van der Waals surface area contributed by atoms with Crippen molar-refractivity contribution in [3.8, 4) is 0 Å². The standard InChI is InChI=1S/C13H15FN2O5/c1-3-15(8(2)6-12(17)18)13(19)10-7-9(16(20)21)4-5-11(10)14/h4-5,7-8H,3,6H2,1-2H3,(H,17,18). The van der Waals surface area contributed by atoms with Crippen LogP contribution in [0.15, 0.2) is 18.2 Å². The average molecular weight is 298 g/mol. The highest BCUT2D eigenvalue weighted by Gasteiger charge is 2.25. The van der Waals surface area contributed by atoms with Crippen molar-refractivity contribution in [2.75, 3.05) is 6.54 Å². The number of benzene rings is 1. The van der Waals surface area contributed by atoms with E-state index in [9.17, 15) is 24.1 Å². The Bertz CT molecular complexity index is 576. The first-order valence-corrected chi connectivity index (χ1v) is 6.24. The van der Waals surface area contributed by atoms with Gasteiger partial charge in [-0.05, 0) is 19.9 Å². The molecule has 0 aromatic heterocycles. The van der Waals surface area contributed by atoms with Crippen molar-refractivity contribution >= 4 is 17.6 Å². The fourth-order valence-electron chi connectivity index (χ4n) is 1.96. The van der Waals surface area contributed by atoms with Crippen LogP contribution < -0.4 is 0 Å². The molecule has 0 radical (unpaired) electrons. The summed E-state index contributed by atoms with van der Waals surface area (Å²) in [5.74, 6) is -2.74. The lowest BCUT2D eigenvalue weighted by Gasteiger charge is -2.27. The third-order valence-electron chi connectivity index (χ3n) is 2.99. The number of carbonyl (C=O) groups is 2. The maximum absolute atomic E-state index is 13.7. The Morgan fingerprint density at radius 2 is 2.10 bits per heavy atom. The second-order valence-electron chi connectivity index (χ2n) is 4.46. The number of nitro groups is 1. The van der Waals surface area contributed by atoms with Crippen LogP contribution in [0.4, 0.5) is 10.1 Å². The van der Waals surface area contributed by atoms with Gasteiger partial charge >= 0.3 is 5.97 Å². The summed E-state index contributed by atoms with van der Waals surface area (Å²) in [6, 6.07) is 2.01. The molecule has 8 heteroatoms. The maximum Gasteiger partial charge on any atom is 0.305 e. The smallest absolute Gasteiger partial charge is 0.305 e. The van der Waals surface area contributed by atoms with Crippen LogP contribution in [0.1, 0.15) is 30.6 Å². The molecule has 1 atom stereocenters. The molecule has 0 bridgehead atoms. The minimum atomic E-state index is -1.09. The van der Waals surface area contributed by atoms with Crippen LogP contribution in [0.5, 0.6) is 0 Å². The summed E-state index contributed by atoms with van der Waals surface area (Å²) in [7, 11) is 0. The molecule has 7 nitrogen and oxygen atoms in total. The van der Waals surface area contributed by atoms with E-state index < -0.39 is 39.9 Å². The van der Waals surface area contributed by atoms with Crippen molar-refractivity contribution in [2.45, 2.75) is 26.3 Å². The molecular formula is C13H15FN2O5. The Balaban J connectivity index is 3.12. The van der Waals surface area contributed by atoms with Gasteiger partial charge in [0.2, 0.25) is 0 Å². The predicted molar refractivity (Wildman–Crippen MR) is 71.5 cm³/mol. The van der Waals surface area contributed by atoms with Gasteiger partial charge in [-0.1, -0.05) is 0 Å². The molecule has 21 heavy (non-hydrogen) atoms. The highest BCUT2D eigenvalue weighted by atomic mass is 19.1. The summed E-state index contributed by atoms with van der Waals surface area (Å²) in [5, 5.41) is 19.4. The molecule has 1 N–H and O–H groups in total. The number of nitrogens with zero attached hydrogens (tertiary/aromatic N) is 2. The SMILES string of the molecule is CCN(C(=O)c1cc([N+](=O)[O-])ccc1F)C(C)CC(=O)O. The molecule has 114 valence electrons. The van der Waals surface area contributed by atoms with Crippen LogP contribution in [0, 0.1) is 15.9 Å². The number of carboxylic acids is 1. The van der Waals surface area contributed by atoms with E-state index in [-0.39, 0.29) is 13.0 Å². The monoisotopic (exact) mass is 298 g/mol. The second-order valence-corrected chi connectivity index (χ2v) is 4.46. The fourth-order valence-corrected chi connectivity index (χ4v) is 1.96. The van der Waals surface area contributed by atoms with E-state index in [2.05, 4.69) is 0 Å². The number of halogens is 1.